The van der Waals surface area contributed by atoms with Crippen LogP contribution in [0.4, 0.5) is 8.78 Å². The minimum absolute atomic E-state index is 0.134. The maximum Gasteiger partial charge on any atom is 0.251 e. The molecule has 1 N–H and O–H groups in total. The van der Waals surface area contributed by atoms with Gasteiger partial charge in [-0.05, 0) is 43.5 Å². The zero-order chi connectivity index (χ0) is 20.9. The van der Waals surface area contributed by atoms with E-state index in [1.807, 2.05) is 23.6 Å². The number of amides is 1. The molecular weight excluding hydrogens is 404 g/mol. The number of nitrogens with one attached hydrogen (secondary N) is 1. The molecule has 3 aromatic rings. The number of likely N-dealkylation sites (tertiary alicyclic amines) is 1. The summed E-state index contributed by atoms with van der Waals surface area (Å²) in [5.41, 5.74) is 0.961. The molecule has 4 nitrogen and oxygen atoms in total. The van der Waals surface area contributed by atoms with Crippen molar-refractivity contribution in [2.24, 2.45) is 5.92 Å². The zero-order valence-electron chi connectivity index (χ0n) is 16.4. The topological polar surface area (TPSA) is 45.2 Å². The molecule has 0 aliphatic carbocycles. The number of benzene rings is 2. The van der Waals surface area contributed by atoms with Crippen LogP contribution in [0, 0.1) is 17.6 Å². The molecule has 1 amide bonds. The number of hydrogen-bond donors (Lipinski definition) is 1. The Morgan fingerprint density at radius 3 is 2.80 bits per heavy atom. The second-order valence-corrected chi connectivity index (χ2v) is 8.46. The fraction of sp³-hybridized carbons (Fsp3) is 0.304. The van der Waals surface area contributed by atoms with Crippen molar-refractivity contribution in [2.45, 2.75) is 25.4 Å². The summed E-state index contributed by atoms with van der Waals surface area (Å²) in [7, 11) is 0. The molecule has 4 rings (SSSR count). The molecular formula is C23H23F2N3OS. The first-order chi connectivity index (χ1) is 14.6. The van der Waals surface area contributed by atoms with Gasteiger partial charge in [0.05, 0.1) is 6.04 Å². The van der Waals surface area contributed by atoms with E-state index in [1.165, 1.54) is 17.4 Å². The molecule has 2 aromatic carbocycles. The number of piperidine rings is 1. The molecule has 1 aromatic heterocycles. The van der Waals surface area contributed by atoms with Gasteiger partial charge in [0.25, 0.3) is 5.91 Å². The van der Waals surface area contributed by atoms with Gasteiger partial charge >= 0.3 is 0 Å². The lowest BCUT2D eigenvalue weighted by Crippen LogP contribution is -2.42. The number of carbonyl (C=O) groups is 1. The number of hydrogen-bond acceptors (Lipinski definition) is 4. The molecule has 2 heterocycles. The SMILES string of the molecule is O=C(N[C@@H](c1nccs1)[C@H]1CCCN(Cc2cccc(F)c2F)C1)c1ccccc1. The van der Waals surface area contributed by atoms with Gasteiger partial charge in [-0.2, -0.15) is 0 Å². The average molecular weight is 428 g/mol. The molecule has 1 fully saturated rings. The van der Waals surface area contributed by atoms with E-state index < -0.39 is 11.6 Å². The van der Waals surface area contributed by atoms with Gasteiger partial charge in [-0.1, -0.05) is 30.3 Å². The summed E-state index contributed by atoms with van der Waals surface area (Å²) in [5, 5.41) is 5.93. The fourth-order valence-electron chi connectivity index (χ4n) is 4.00. The van der Waals surface area contributed by atoms with Gasteiger partial charge in [0.1, 0.15) is 5.01 Å². The molecule has 7 heteroatoms. The molecule has 30 heavy (non-hydrogen) atoms. The van der Waals surface area contributed by atoms with Crippen LogP contribution in [0.3, 0.4) is 0 Å². The summed E-state index contributed by atoms with van der Waals surface area (Å²) < 4.78 is 27.7. The number of halogens is 2. The Morgan fingerprint density at radius 1 is 1.20 bits per heavy atom. The number of carbonyl (C=O) groups excluding carboxylic acids is 1. The van der Waals surface area contributed by atoms with Crippen molar-refractivity contribution in [3.63, 3.8) is 0 Å². The molecule has 1 aliphatic heterocycles. The van der Waals surface area contributed by atoms with Crippen molar-refractivity contribution in [1.29, 1.82) is 0 Å². The van der Waals surface area contributed by atoms with Crippen molar-refractivity contribution in [3.8, 4) is 0 Å². The van der Waals surface area contributed by atoms with E-state index in [0.717, 1.165) is 30.5 Å². The Morgan fingerprint density at radius 2 is 2.03 bits per heavy atom. The Balaban J connectivity index is 1.50. The second kappa shape index (κ2) is 9.45. The highest BCUT2D eigenvalue weighted by Crippen LogP contribution is 2.32. The third-order valence-electron chi connectivity index (χ3n) is 5.48. The van der Waals surface area contributed by atoms with Crippen LogP contribution in [0.15, 0.2) is 60.1 Å². The molecule has 156 valence electrons. The van der Waals surface area contributed by atoms with Crippen molar-refractivity contribution in [2.75, 3.05) is 13.1 Å². The molecule has 1 saturated heterocycles. The third kappa shape index (κ3) is 4.74. The highest BCUT2D eigenvalue weighted by atomic mass is 32.1. The van der Waals surface area contributed by atoms with Crippen LogP contribution in [0.5, 0.6) is 0 Å². The molecule has 2 atom stereocenters. The van der Waals surface area contributed by atoms with Crippen LogP contribution >= 0.6 is 11.3 Å². The monoisotopic (exact) mass is 427 g/mol. The number of nitrogens with zero attached hydrogens (tertiary/aromatic N) is 2. The van der Waals surface area contributed by atoms with Crippen molar-refractivity contribution in [1.82, 2.24) is 15.2 Å². The van der Waals surface area contributed by atoms with Crippen molar-refractivity contribution in [3.05, 3.63) is 87.9 Å². The molecule has 1 aliphatic rings. The first-order valence-corrected chi connectivity index (χ1v) is 10.9. The standard InChI is InChI=1S/C23H23F2N3OS/c24-19-10-4-8-17(20(19)25)14-28-12-5-9-18(15-28)21(23-26-11-13-30-23)27-22(29)16-6-2-1-3-7-16/h1-4,6-8,10-11,13,18,21H,5,9,12,14-15H2,(H,27,29)/t18-,21+/m0/s1. The van der Waals surface area contributed by atoms with Gasteiger partial charge < -0.3 is 5.32 Å². The molecule has 0 unspecified atom stereocenters. The van der Waals surface area contributed by atoms with Crippen LogP contribution in [-0.4, -0.2) is 28.9 Å². The smallest absolute Gasteiger partial charge is 0.251 e. The first kappa shape index (κ1) is 20.6. The van der Waals surface area contributed by atoms with E-state index in [-0.39, 0.29) is 17.9 Å². The van der Waals surface area contributed by atoms with Gasteiger partial charge in [-0.25, -0.2) is 13.8 Å². The van der Waals surface area contributed by atoms with Crippen molar-refractivity contribution >= 4 is 17.2 Å². The minimum Gasteiger partial charge on any atom is -0.342 e. The second-order valence-electron chi connectivity index (χ2n) is 7.54. The van der Waals surface area contributed by atoms with Crippen molar-refractivity contribution < 1.29 is 13.6 Å². The van der Waals surface area contributed by atoms with Gasteiger partial charge in [0.15, 0.2) is 11.6 Å². The van der Waals surface area contributed by atoms with E-state index in [2.05, 4.69) is 15.2 Å². The average Bonchev–Trinajstić information content (AvgIpc) is 3.30. The van der Waals surface area contributed by atoms with Crippen LogP contribution in [-0.2, 0) is 6.54 Å². The summed E-state index contributed by atoms with van der Waals surface area (Å²) in [5.74, 6) is -1.61. The number of thiazole rings is 1. The van der Waals surface area contributed by atoms with Gasteiger partial charge in [0, 0.05) is 35.8 Å². The van der Waals surface area contributed by atoms with Gasteiger partial charge in [-0.3, -0.25) is 9.69 Å². The van der Waals surface area contributed by atoms with E-state index in [1.54, 1.807) is 24.4 Å². The summed E-state index contributed by atoms with van der Waals surface area (Å²) in [4.78, 5) is 19.4. The highest BCUT2D eigenvalue weighted by Gasteiger charge is 2.31. The number of rotatable bonds is 6. The third-order valence-corrected chi connectivity index (χ3v) is 6.34. The predicted molar refractivity (Wildman–Crippen MR) is 113 cm³/mol. The summed E-state index contributed by atoms with van der Waals surface area (Å²) in [6.45, 7) is 1.83. The van der Waals surface area contributed by atoms with E-state index in [4.69, 9.17) is 0 Å². The fourth-order valence-corrected chi connectivity index (χ4v) is 4.78. The normalized spacial score (nSPS) is 18.1. The highest BCUT2D eigenvalue weighted by molar-refractivity contribution is 7.09. The molecule has 0 saturated carbocycles. The summed E-state index contributed by atoms with van der Waals surface area (Å²) in [6, 6.07) is 13.2. The van der Waals surface area contributed by atoms with E-state index in [9.17, 15) is 13.6 Å². The molecule has 0 radical (unpaired) electrons. The van der Waals surface area contributed by atoms with E-state index in [0.29, 0.717) is 24.2 Å². The first-order valence-electron chi connectivity index (χ1n) is 10.0. The lowest BCUT2D eigenvalue weighted by Gasteiger charge is -2.36. The summed E-state index contributed by atoms with van der Waals surface area (Å²) in [6.07, 6.45) is 3.59. The molecule has 0 bridgehead atoms. The van der Waals surface area contributed by atoms with E-state index >= 15 is 0 Å². The van der Waals surface area contributed by atoms with Gasteiger partial charge in [0.2, 0.25) is 0 Å². The van der Waals surface area contributed by atoms with Crippen LogP contribution in [0.25, 0.3) is 0 Å². The van der Waals surface area contributed by atoms with Crippen LogP contribution in [0.1, 0.15) is 39.8 Å². The predicted octanol–water partition coefficient (Wildman–Crippen LogP) is 4.80. The quantitative estimate of drug-likeness (QED) is 0.614. The van der Waals surface area contributed by atoms with Crippen LogP contribution in [0.2, 0.25) is 0 Å². The zero-order valence-corrected chi connectivity index (χ0v) is 17.2. The Labute approximate surface area is 178 Å². The summed E-state index contributed by atoms with van der Waals surface area (Å²) >= 11 is 1.52. The Hall–Kier alpha value is -2.64. The van der Waals surface area contributed by atoms with Gasteiger partial charge in [-0.15, -0.1) is 11.3 Å². The van der Waals surface area contributed by atoms with Crippen LogP contribution < -0.4 is 5.32 Å². The minimum atomic E-state index is -0.822. The maximum absolute atomic E-state index is 14.1. The molecule has 0 spiro atoms. The maximum atomic E-state index is 14.1. The Kier molecular flexibility index (Phi) is 6.50. The lowest BCUT2D eigenvalue weighted by molar-refractivity contribution is 0.0877. The number of aromatic nitrogens is 1. The lowest BCUT2D eigenvalue weighted by atomic mass is 9.90. The largest absolute Gasteiger partial charge is 0.342 e. The Bertz CT molecular complexity index is 981.